The van der Waals surface area contributed by atoms with Crippen LogP contribution in [0.4, 0.5) is 11.6 Å². The summed E-state index contributed by atoms with van der Waals surface area (Å²) in [6, 6.07) is 1.53. The Morgan fingerprint density at radius 2 is 2.24 bits per heavy atom. The molecule has 4 N–H and O–H groups in total. The quantitative estimate of drug-likeness (QED) is 0.740. The third kappa shape index (κ3) is 4.55. The second-order valence-corrected chi connectivity index (χ2v) is 4.32. The van der Waals surface area contributed by atoms with E-state index in [-0.39, 0.29) is 5.82 Å². The van der Waals surface area contributed by atoms with Gasteiger partial charge in [-0.25, -0.2) is 4.98 Å². The summed E-state index contributed by atoms with van der Waals surface area (Å²) in [5.74, 6) is 0.675. The number of aromatic nitrogens is 1. The lowest BCUT2D eigenvalue weighted by atomic mass is 10.2. The lowest BCUT2D eigenvalue weighted by molar-refractivity contribution is 0.0615. The van der Waals surface area contributed by atoms with Crippen LogP contribution >= 0.6 is 23.2 Å². The molecule has 0 saturated carbocycles. The lowest BCUT2D eigenvalue weighted by Crippen LogP contribution is -2.18. The van der Waals surface area contributed by atoms with Gasteiger partial charge < -0.3 is 20.9 Å². The van der Waals surface area contributed by atoms with Crippen molar-refractivity contribution in [1.82, 2.24) is 4.98 Å². The second-order valence-electron chi connectivity index (χ2n) is 3.51. The molecule has 0 aliphatic rings. The van der Waals surface area contributed by atoms with E-state index in [4.69, 9.17) is 33.7 Å². The van der Waals surface area contributed by atoms with E-state index in [1.165, 1.54) is 13.2 Å². The normalized spacial score (nSPS) is 12.5. The Morgan fingerprint density at radius 3 is 2.88 bits per heavy atom. The molecule has 1 aromatic heterocycles. The Hall–Kier alpha value is -0.750. The molecular formula is C10H15Cl2N3O2. The molecule has 1 atom stereocenters. The van der Waals surface area contributed by atoms with Gasteiger partial charge in [0, 0.05) is 13.7 Å². The van der Waals surface area contributed by atoms with E-state index in [0.29, 0.717) is 35.4 Å². The van der Waals surface area contributed by atoms with Crippen molar-refractivity contribution in [3.63, 3.8) is 0 Å². The van der Waals surface area contributed by atoms with Crippen molar-refractivity contribution in [2.24, 2.45) is 0 Å². The zero-order valence-electron chi connectivity index (χ0n) is 9.41. The summed E-state index contributed by atoms with van der Waals surface area (Å²) >= 11 is 11.7. The first-order valence-corrected chi connectivity index (χ1v) is 5.82. The molecule has 0 aliphatic carbocycles. The number of ether oxygens (including phenoxy) is 1. The number of hydrogen-bond donors (Lipinski definition) is 3. The van der Waals surface area contributed by atoms with E-state index >= 15 is 0 Å². The number of nitrogens with one attached hydrogen (secondary N) is 1. The average molecular weight is 280 g/mol. The Kier molecular flexibility index (Phi) is 5.77. The van der Waals surface area contributed by atoms with Crippen LogP contribution < -0.4 is 11.1 Å². The number of nitrogen functional groups attached to an aromatic ring is 1. The van der Waals surface area contributed by atoms with Gasteiger partial charge in [-0.15, -0.1) is 0 Å². The maximum absolute atomic E-state index is 9.43. The number of aliphatic hydroxyl groups is 1. The van der Waals surface area contributed by atoms with Crippen molar-refractivity contribution in [2.45, 2.75) is 12.5 Å². The van der Waals surface area contributed by atoms with E-state index in [0.717, 1.165) is 0 Å². The Balaban J connectivity index is 2.49. The fourth-order valence-corrected chi connectivity index (χ4v) is 1.66. The van der Waals surface area contributed by atoms with Gasteiger partial charge in [-0.05, 0) is 12.5 Å². The maximum atomic E-state index is 9.43. The van der Waals surface area contributed by atoms with Crippen LogP contribution in [0.3, 0.4) is 0 Å². The van der Waals surface area contributed by atoms with Crippen molar-refractivity contribution in [2.75, 3.05) is 31.3 Å². The van der Waals surface area contributed by atoms with Crippen LogP contribution in [0, 0.1) is 0 Å². The number of methoxy groups -OCH3 is 1. The summed E-state index contributed by atoms with van der Waals surface area (Å²) in [6.45, 7) is 0.809. The fraction of sp³-hybridized carbons (Fsp3) is 0.500. The highest BCUT2D eigenvalue weighted by atomic mass is 35.5. The monoisotopic (exact) mass is 279 g/mol. The summed E-state index contributed by atoms with van der Waals surface area (Å²) in [4.78, 5) is 4.00. The molecule has 7 heteroatoms. The summed E-state index contributed by atoms with van der Waals surface area (Å²) in [5.41, 5.74) is 5.56. The molecular weight excluding hydrogens is 265 g/mol. The van der Waals surface area contributed by atoms with Gasteiger partial charge >= 0.3 is 0 Å². The Labute approximate surface area is 110 Å². The van der Waals surface area contributed by atoms with E-state index in [1.54, 1.807) is 0 Å². The van der Waals surface area contributed by atoms with E-state index in [1.807, 2.05) is 0 Å². The van der Waals surface area contributed by atoms with Gasteiger partial charge in [0.2, 0.25) is 0 Å². The summed E-state index contributed by atoms with van der Waals surface area (Å²) in [6.07, 6.45) is 0.00454. The third-order valence-electron chi connectivity index (χ3n) is 2.09. The average Bonchev–Trinajstić information content (AvgIpc) is 2.26. The fourth-order valence-electron chi connectivity index (χ4n) is 1.24. The molecule has 0 bridgehead atoms. The Morgan fingerprint density at radius 1 is 1.53 bits per heavy atom. The second kappa shape index (κ2) is 6.86. The number of hydrogen-bond acceptors (Lipinski definition) is 5. The minimum Gasteiger partial charge on any atom is -0.391 e. The number of nitrogens with zero attached hydrogens (tertiary/aromatic N) is 1. The van der Waals surface area contributed by atoms with Crippen molar-refractivity contribution in [1.29, 1.82) is 0 Å². The van der Waals surface area contributed by atoms with Gasteiger partial charge in [-0.3, -0.25) is 0 Å². The number of anilines is 2. The highest BCUT2D eigenvalue weighted by Gasteiger charge is 2.08. The summed E-state index contributed by atoms with van der Waals surface area (Å²) in [7, 11) is 1.54. The largest absolute Gasteiger partial charge is 0.391 e. The molecule has 0 aromatic carbocycles. The van der Waals surface area contributed by atoms with Crippen molar-refractivity contribution in [3.8, 4) is 0 Å². The van der Waals surface area contributed by atoms with Crippen molar-refractivity contribution >= 4 is 34.8 Å². The first kappa shape index (κ1) is 14.3. The molecule has 0 aliphatic heterocycles. The third-order valence-corrected chi connectivity index (χ3v) is 2.68. The first-order valence-electron chi connectivity index (χ1n) is 5.07. The van der Waals surface area contributed by atoms with Crippen LogP contribution in [0.2, 0.25) is 10.0 Å². The molecule has 0 radical (unpaired) electrons. The van der Waals surface area contributed by atoms with Crippen LogP contribution in [0.1, 0.15) is 6.42 Å². The number of aliphatic hydroxyl groups excluding tert-OH is 1. The molecule has 1 heterocycles. The molecule has 1 aromatic rings. The zero-order valence-corrected chi connectivity index (χ0v) is 10.9. The molecule has 17 heavy (non-hydrogen) atoms. The molecule has 0 spiro atoms. The molecule has 0 saturated heterocycles. The highest BCUT2D eigenvalue weighted by Crippen LogP contribution is 2.27. The molecule has 0 amide bonds. The zero-order chi connectivity index (χ0) is 12.8. The lowest BCUT2D eigenvalue weighted by Gasteiger charge is -2.12. The molecule has 0 fully saturated rings. The first-order chi connectivity index (χ1) is 8.04. The van der Waals surface area contributed by atoms with Gasteiger partial charge in [0.1, 0.15) is 11.6 Å². The van der Waals surface area contributed by atoms with E-state index in [9.17, 15) is 5.11 Å². The standard InChI is InChI=1S/C10H15Cl2N3O2/c1-17-5-6(16)2-3-14-10-8(12)4-7(11)9(13)15-10/h4,6,16H,2-3,5H2,1H3,(H3,13,14,15). The van der Waals surface area contributed by atoms with Gasteiger partial charge in [0.15, 0.2) is 0 Å². The van der Waals surface area contributed by atoms with Gasteiger partial charge in [0.25, 0.3) is 0 Å². The van der Waals surface area contributed by atoms with Gasteiger partial charge in [-0.2, -0.15) is 0 Å². The number of nitrogens with two attached hydrogens (primary N) is 1. The smallest absolute Gasteiger partial charge is 0.147 e. The van der Waals surface area contributed by atoms with Crippen LogP contribution in [-0.2, 0) is 4.74 Å². The Bertz CT molecular complexity index is 377. The van der Waals surface area contributed by atoms with Crippen molar-refractivity contribution in [3.05, 3.63) is 16.1 Å². The van der Waals surface area contributed by atoms with E-state index < -0.39 is 6.10 Å². The number of halogens is 2. The van der Waals surface area contributed by atoms with Crippen LogP contribution in [0.15, 0.2) is 6.07 Å². The molecule has 96 valence electrons. The van der Waals surface area contributed by atoms with Crippen LogP contribution in [-0.4, -0.2) is 36.5 Å². The summed E-state index contributed by atoms with van der Waals surface area (Å²) in [5, 5.41) is 13.1. The van der Waals surface area contributed by atoms with Gasteiger partial charge in [-0.1, -0.05) is 23.2 Å². The van der Waals surface area contributed by atoms with Gasteiger partial charge in [0.05, 0.1) is 22.8 Å². The SMILES string of the molecule is COCC(O)CCNc1nc(N)c(Cl)cc1Cl. The van der Waals surface area contributed by atoms with Crippen LogP contribution in [0.5, 0.6) is 0 Å². The minimum atomic E-state index is -0.518. The predicted molar refractivity (Wildman–Crippen MR) is 69.7 cm³/mol. The van der Waals surface area contributed by atoms with E-state index in [2.05, 4.69) is 10.3 Å². The maximum Gasteiger partial charge on any atom is 0.147 e. The predicted octanol–water partition coefficient (Wildman–Crippen LogP) is 1.78. The molecule has 5 nitrogen and oxygen atoms in total. The molecule has 1 unspecified atom stereocenters. The van der Waals surface area contributed by atoms with Crippen molar-refractivity contribution < 1.29 is 9.84 Å². The van der Waals surface area contributed by atoms with Crippen LogP contribution in [0.25, 0.3) is 0 Å². The topological polar surface area (TPSA) is 80.4 Å². The molecule has 1 rings (SSSR count). The summed E-state index contributed by atoms with van der Waals surface area (Å²) < 4.78 is 4.81. The number of rotatable bonds is 6. The highest BCUT2D eigenvalue weighted by molar-refractivity contribution is 6.37. The minimum absolute atomic E-state index is 0.219. The number of pyridine rings is 1.